The standard InChI is InChI=1S/C19H33N5O2.HI/c1-14-15(2)26-18(22-14)13-23-8-4-16(5-9-23)12-21-19(20-3)24-10-6-17(25)7-11-24;/h16-17,25H,4-13H2,1-3H3,(H,20,21);1H. The van der Waals surface area contributed by atoms with E-state index in [1.54, 1.807) is 0 Å². The highest BCUT2D eigenvalue weighted by Crippen LogP contribution is 2.19. The summed E-state index contributed by atoms with van der Waals surface area (Å²) in [6.45, 7) is 9.68. The van der Waals surface area contributed by atoms with Gasteiger partial charge in [0, 0.05) is 26.7 Å². The molecule has 0 aliphatic carbocycles. The summed E-state index contributed by atoms with van der Waals surface area (Å²) in [5, 5.41) is 13.2. The third kappa shape index (κ3) is 6.32. The Bertz CT molecular complexity index is 586. The summed E-state index contributed by atoms with van der Waals surface area (Å²) in [4.78, 5) is 13.6. The minimum atomic E-state index is -0.148. The fraction of sp³-hybridized carbons (Fsp3) is 0.789. The molecule has 1 aromatic heterocycles. The SMILES string of the molecule is CN=C(NCC1CCN(Cc2nc(C)c(C)o2)CC1)N1CCC(O)CC1.I. The predicted octanol–water partition coefficient (Wildman–Crippen LogP) is 2.15. The van der Waals surface area contributed by atoms with Gasteiger partial charge < -0.3 is 19.7 Å². The zero-order valence-electron chi connectivity index (χ0n) is 16.8. The zero-order chi connectivity index (χ0) is 18.5. The van der Waals surface area contributed by atoms with Crippen molar-refractivity contribution in [2.75, 3.05) is 39.8 Å². The quantitative estimate of drug-likeness (QED) is 0.382. The van der Waals surface area contributed by atoms with Crippen molar-refractivity contribution in [1.82, 2.24) is 20.1 Å². The van der Waals surface area contributed by atoms with E-state index in [1.807, 2.05) is 20.9 Å². The summed E-state index contributed by atoms with van der Waals surface area (Å²) >= 11 is 0. The number of hydrogen-bond acceptors (Lipinski definition) is 5. The first-order valence-electron chi connectivity index (χ1n) is 9.84. The Labute approximate surface area is 179 Å². The number of aliphatic imine (C=N–C) groups is 1. The number of piperidine rings is 2. The lowest BCUT2D eigenvalue weighted by atomic mass is 9.97. The fourth-order valence-electron chi connectivity index (χ4n) is 3.79. The molecule has 0 aromatic carbocycles. The number of oxazole rings is 1. The van der Waals surface area contributed by atoms with Crippen LogP contribution in [-0.2, 0) is 6.54 Å². The highest BCUT2D eigenvalue weighted by Gasteiger charge is 2.23. The van der Waals surface area contributed by atoms with E-state index in [9.17, 15) is 5.11 Å². The van der Waals surface area contributed by atoms with Gasteiger partial charge in [-0.2, -0.15) is 0 Å². The van der Waals surface area contributed by atoms with Gasteiger partial charge in [-0.25, -0.2) is 4.98 Å². The largest absolute Gasteiger partial charge is 0.444 e. The molecule has 7 nitrogen and oxygen atoms in total. The van der Waals surface area contributed by atoms with E-state index >= 15 is 0 Å². The van der Waals surface area contributed by atoms with E-state index < -0.39 is 0 Å². The molecular formula is C19H34IN5O2. The topological polar surface area (TPSA) is 77.1 Å². The van der Waals surface area contributed by atoms with Crippen LogP contribution in [0.15, 0.2) is 9.41 Å². The second kappa shape index (κ2) is 10.6. The van der Waals surface area contributed by atoms with Gasteiger partial charge in [-0.3, -0.25) is 9.89 Å². The Morgan fingerprint density at radius 1 is 1.19 bits per heavy atom. The number of aliphatic hydroxyl groups excluding tert-OH is 1. The molecule has 27 heavy (non-hydrogen) atoms. The number of hydrogen-bond donors (Lipinski definition) is 2. The van der Waals surface area contributed by atoms with Crippen molar-refractivity contribution < 1.29 is 9.52 Å². The van der Waals surface area contributed by atoms with Gasteiger partial charge in [0.15, 0.2) is 5.96 Å². The monoisotopic (exact) mass is 491 g/mol. The van der Waals surface area contributed by atoms with Gasteiger partial charge in [0.2, 0.25) is 5.89 Å². The first-order valence-corrected chi connectivity index (χ1v) is 9.84. The van der Waals surface area contributed by atoms with Gasteiger partial charge in [0.1, 0.15) is 5.76 Å². The second-order valence-corrected chi connectivity index (χ2v) is 7.62. The zero-order valence-corrected chi connectivity index (χ0v) is 19.1. The number of rotatable bonds is 4. The van der Waals surface area contributed by atoms with Gasteiger partial charge >= 0.3 is 0 Å². The van der Waals surface area contributed by atoms with Crippen LogP contribution in [0.5, 0.6) is 0 Å². The van der Waals surface area contributed by atoms with Crippen LogP contribution in [-0.4, -0.2) is 71.7 Å². The van der Waals surface area contributed by atoms with Crippen LogP contribution in [0.1, 0.15) is 43.0 Å². The summed E-state index contributed by atoms with van der Waals surface area (Å²) in [7, 11) is 1.84. The molecule has 0 saturated carbocycles. The molecule has 2 fully saturated rings. The molecule has 0 unspecified atom stereocenters. The molecule has 3 heterocycles. The van der Waals surface area contributed by atoms with Crippen molar-refractivity contribution >= 4 is 29.9 Å². The van der Waals surface area contributed by atoms with E-state index in [1.165, 1.54) is 12.8 Å². The lowest BCUT2D eigenvalue weighted by Gasteiger charge is -2.34. The Morgan fingerprint density at radius 2 is 1.85 bits per heavy atom. The van der Waals surface area contributed by atoms with Crippen LogP contribution < -0.4 is 5.32 Å². The number of aryl methyl sites for hydroxylation is 2. The molecule has 0 spiro atoms. The van der Waals surface area contributed by atoms with Gasteiger partial charge in [-0.15, -0.1) is 24.0 Å². The average molecular weight is 491 g/mol. The highest BCUT2D eigenvalue weighted by molar-refractivity contribution is 14.0. The van der Waals surface area contributed by atoms with Crippen molar-refractivity contribution in [3.8, 4) is 0 Å². The van der Waals surface area contributed by atoms with Crippen LogP contribution in [0.25, 0.3) is 0 Å². The molecule has 0 radical (unpaired) electrons. The second-order valence-electron chi connectivity index (χ2n) is 7.62. The van der Waals surface area contributed by atoms with E-state index in [4.69, 9.17) is 4.42 Å². The Morgan fingerprint density at radius 3 is 2.41 bits per heavy atom. The van der Waals surface area contributed by atoms with E-state index in [2.05, 4.69) is 25.1 Å². The Hall–Kier alpha value is -0.870. The maximum absolute atomic E-state index is 9.66. The van der Waals surface area contributed by atoms with Gasteiger partial charge in [-0.05, 0) is 58.5 Å². The number of nitrogens with zero attached hydrogens (tertiary/aromatic N) is 4. The maximum Gasteiger partial charge on any atom is 0.208 e. The van der Waals surface area contributed by atoms with E-state index in [0.29, 0.717) is 5.92 Å². The first kappa shape index (κ1) is 22.4. The molecule has 154 valence electrons. The number of likely N-dealkylation sites (tertiary alicyclic amines) is 2. The number of nitrogens with one attached hydrogen (secondary N) is 1. The molecule has 2 aliphatic heterocycles. The summed E-state index contributed by atoms with van der Waals surface area (Å²) in [5.41, 5.74) is 0.996. The molecule has 0 atom stereocenters. The Balaban J connectivity index is 0.00000261. The number of aromatic nitrogens is 1. The molecular weight excluding hydrogens is 457 g/mol. The van der Waals surface area contributed by atoms with Crippen LogP contribution in [0.4, 0.5) is 0 Å². The molecule has 0 bridgehead atoms. The molecule has 3 rings (SSSR count). The van der Waals surface area contributed by atoms with E-state index in [-0.39, 0.29) is 30.1 Å². The molecule has 0 amide bonds. The smallest absolute Gasteiger partial charge is 0.208 e. The van der Waals surface area contributed by atoms with Gasteiger partial charge in [-0.1, -0.05) is 0 Å². The van der Waals surface area contributed by atoms with Crippen LogP contribution >= 0.6 is 24.0 Å². The molecule has 2 aliphatic rings. The first-order chi connectivity index (χ1) is 12.5. The number of guanidine groups is 1. The van der Waals surface area contributed by atoms with Crippen molar-refractivity contribution in [1.29, 1.82) is 0 Å². The summed E-state index contributed by atoms with van der Waals surface area (Å²) in [6, 6.07) is 0. The van der Waals surface area contributed by atoms with Crippen LogP contribution in [0.2, 0.25) is 0 Å². The predicted molar refractivity (Wildman–Crippen MR) is 118 cm³/mol. The van der Waals surface area contributed by atoms with Gasteiger partial charge in [0.25, 0.3) is 0 Å². The van der Waals surface area contributed by atoms with Crippen molar-refractivity contribution in [3.05, 3.63) is 17.3 Å². The molecule has 1 aromatic rings. The summed E-state index contributed by atoms with van der Waals surface area (Å²) in [6.07, 6.45) is 3.88. The molecule has 8 heteroatoms. The lowest BCUT2D eigenvalue weighted by Crippen LogP contribution is -2.48. The molecule has 2 saturated heterocycles. The minimum Gasteiger partial charge on any atom is -0.444 e. The number of aliphatic hydroxyl groups is 1. The van der Waals surface area contributed by atoms with Crippen molar-refractivity contribution in [2.24, 2.45) is 10.9 Å². The third-order valence-electron chi connectivity index (χ3n) is 5.66. The Kier molecular flexibility index (Phi) is 8.81. The molecule has 2 N–H and O–H groups in total. The average Bonchev–Trinajstić information content (AvgIpc) is 2.95. The van der Waals surface area contributed by atoms with Crippen LogP contribution in [0.3, 0.4) is 0 Å². The van der Waals surface area contributed by atoms with Crippen molar-refractivity contribution in [2.45, 2.75) is 52.2 Å². The van der Waals surface area contributed by atoms with Crippen molar-refractivity contribution in [3.63, 3.8) is 0 Å². The third-order valence-corrected chi connectivity index (χ3v) is 5.66. The summed E-state index contributed by atoms with van der Waals surface area (Å²) < 4.78 is 5.71. The normalized spacial score (nSPS) is 20.6. The highest BCUT2D eigenvalue weighted by atomic mass is 127. The lowest BCUT2D eigenvalue weighted by molar-refractivity contribution is 0.107. The van der Waals surface area contributed by atoms with Crippen LogP contribution in [0, 0.1) is 19.8 Å². The maximum atomic E-state index is 9.66. The summed E-state index contributed by atoms with van der Waals surface area (Å²) in [5.74, 6) is 3.41. The van der Waals surface area contributed by atoms with E-state index in [0.717, 1.165) is 75.4 Å². The minimum absolute atomic E-state index is 0. The van der Waals surface area contributed by atoms with Gasteiger partial charge in [0.05, 0.1) is 18.3 Å². The fourth-order valence-corrected chi connectivity index (χ4v) is 3.79. The number of halogens is 1.